The summed E-state index contributed by atoms with van der Waals surface area (Å²) in [6.45, 7) is 4.97. The lowest BCUT2D eigenvalue weighted by Gasteiger charge is -2.21. The Bertz CT molecular complexity index is 185. The van der Waals surface area contributed by atoms with Crippen molar-refractivity contribution in [1.82, 2.24) is 5.32 Å². The van der Waals surface area contributed by atoms with E-state index in [9.17, 15) is 9.59 Å². The quantitative estimate of drug-likeness (QED) is 0.459. The van der Waals surface area contributed by atoms with E-state index < -0.39 is 17.7 Å². The molecule has 0 fully saturated rings. The number of amides is 1. The normalized spacial score (nSPS) is 13.2. The fourth-order valence-electron chi connectivity index (χ4n) is 0.613. The second-order valence-corrected chi connectivity index (χ2v) is 3.58. The number of aliphatic hydroxyl groups is 1. The maximum Gasteiger partial charge on any atom is 0.337 e. The van der Waals surface area contributed by atoms with E-state index >= 15 is 0 Å². The summed E-state index contributed by atoms with van der Waals surface area (Å²) in [5, 5.41) is 11.3. The van der Waals surface area contributed by atoms with Gasteiger partial charge < -0.3 is 15.2 Å². The number of carbonyl (C=O) groups excluding carboxylic acids is 2. The highest BCUT2D eigenvalue weighted by Crippen LogP contribution is 2.07. The van der Waals surface area contributed by atoms with Gasteiger partial charge in [-0.3, -0.25) is 4.79 Å². The number of hydrogen-bond donors (Lipinski definition) is 2. The highest BCUT2D eigenvalue weighted by molar-refractivity contribution is 5.75. The summed E-state index contributed by atoms with van der Waals surface area (Å²) in [4.78, 5) is 20.9. The van der Waals surface area contributed by atoms with Crippen molar-refractivity contribution in [2.75, 3.05) is 6.54 Å². The standard InChI is InChI=1S/C8H15NO4/c1-8(2,3)13-7(12)6(11)4-9-5-10/h5-6,11H,4H2,1-3H3,(H,9,10). The molecule has 0 heterocycles. The fraction of sp³-hybridized carbons (Fsp3) is 0.750. The summed E-state index contributed by atoms with van der Waals surface area (Å²) in [7, 11) is 0. The molecule has 0 aromatic heterocycles. The van der Waals surface area contributed by atoms with Gasteiger partial charge in [-0.25, -0.2) is 4.79 Å². The molecule has 0 saturated carbocycles. The van der Waals surface area contributed by atoms with Gasteiger partial charge >= 0.3 is 5.97 Å². The van der Waals surface area contributed by atoms with Crippen molar-refractivity contribution < 1.29 is 19.4 Å². The van der Waals surface area contributed by atoms with Crippen LogP contribution in [-0.2, 0) is 14.3 Å². The van der Waals surface area contributed by atoms with Crippen LogP contribution >= 0.6 is 0 Å². The summed E-state index contributed by atoms with van der Waals surface area (Å²) in [6.07, 6.45) is -0.891. The average Bonchev–Trinajstić information content (AvgIpc) is 1.96. The highest BCUT2D eigenvalue weighted by Gasteiger charge is 2.22. The Morgan fingerprint density at radius 2 is 2.15 bits per heavy atom. The van der Waals surface area contributed by atoms with Crippen LogP contribution in [0.4, 0.5) is 0 Å². The zero-order chi connectivity index (χ0) is 10.5. The second-order valence-electron chi connectivity index (χ2n) is 3.58. The lowest BCUT2D eigenvalue weighted by Crippen LogP contribution is -2.37. The lowest BCUT2D eigenvalue weighted by molar-refractivity contribution is -0.164. The molecule has 0 spiro atoms. The van der Waals surface area contributed by atoms with Gasteiger partial charge in [-0.2, -0.15) is 0 Å². The minimum atomic E-state index is -1.30. The van der Waals surface area contributed by atoms with Gasteiger partial charge in [-0.05, 0) is 20.8 Å². The maximum absolute atomic E-state index is 11.0. The van der Waals surface area contributed by atoms with Crippen LogP contribution in [0.15, 0.2) is 0 Å². The van der Waals surface area contributed by atoms with E-state index in [2.05, 4.69) is 5.32 Å². The average molecular weight is 189 g/mol. The third-order valence-corrected chi connectivity index (χ3v) is 1.07. The Morgan fingerprint density at radius 1 is 1.62 bits per heavy atom. The van der Waals surface area contributed by atoms with Crippen LogP contribution in [-0.4, -0.2) is 35.7 Å². The minimum Gasteiger partial charge on any atom is -0.458 e. The monoisotopic (exact) mass is 189 g/mol. The molecule has 0 aliphatic heterocycles. The van der Waals surface area contributed by atoms with E-state index in [1.54, 1.807) is 20.8 Å². The minimum absolute atomic E-state index is 0.127. The summed E-state index contributed by atoms with van der Waals surface area (Å²) in [5.74, 6) is -0.734. The van der Waals surface area contributed by atoms with Crippen LogP contribution in [0.3, 0.4) is 0 Å². The van der Waals surface area contributed by atoms with Crippen LogP contribution in [0.2, 0.25) is 0 Å². The predicted octanol–water partition coefficient (Wildman–Crippen LogP) is -0.565. The van der Waals surface area contributed by atoms with Crippen molar-refractivity contribution in [3.05, 3.63) is 0 Å². The van der Waals surface area contributed by atoms with Gasteiger partial charge in [-0.15, -0.1) is 0 Å². The molecule has 5 nitrogen and oxygen atoms in total. The Labute approximate surface area is 77.1 Å². The van der Waals surface area contributed by atoms with Gasteiger partial charge in [0.1, 0.15) is 5.60 Å². The van der Waals surface area contributed by atoms with Gasteiger partial charge in [0.05, 0.1) is 6.54 Å². The topological polar surface area (TPSA) is 75.6 Å². The van der Waals surface area contributed by atoms with Gasteiger partial charge in [0.25, 0.3) is 0 Å². The van der Waals surface area contributed by atoms with Crippen molar-refractivity contribution in [2.24, 2.45) is 0 Å². The molecule has 2 N–H and O–H groups in total. The number of ether oxygens (including phenoxy) is 1. The Morgan fingerprint density at radius 3 is 2.54 bits per heavy atom. The molecule has 1 atom stereocenters. The molecular formula is C8H15NO4. The predicted molar refractivity (Wildman–Crippen MR) is 45.9 cm³/mol. The van der Waals surface area contributed by atoms with E-state index in [0.717, 1.165) is 0 Å². The van der Waals surface area contributed by atoms with Gasteiger partial charge in [0.2, 0.25) is 6.41 Å². The smallest absolute Gasteiger partial charge is 0.337 e. The zero-order valence-electron chi connectivity index (χ0n) is 8.03. The first-order valence-electron chi connectivity index (χ1n) is 3.95. The summed E-state index contributed by atoms with van der Waals surface area (Å²) in [6, 6.07) is 0. The van der Waals surface area contributed by atoms with Crippen molar-refractivity contribution in [1.29, 1.82) is 0 Å². The van der Waals surface area contributed by atoms with Crippen molar-refractivity contribution in [2.45, 2.75) is 32.5 Å². The first kappa shape index (κ1) is 11.9. The number of aliphatic hydroxyl groups excluding tert-OH is 1. The number of hydrogen-bond acceptors (Lipinski definition) is 4. The summed E-state index contributed by atoms with van der Waals surface area (Å²) in [5.41, 5.74) is -0.626. The number of nitrogens with one attached hydrogen (secondary N) is 1. The third kappa shape index (κ3) is 6.10. The lowest BCUT2D eigenvalue weighted by atomic mass is 10.2. The maximum atomic E-state index is 11.0. The molecule has 5 heteroatoms. The highest BCUT2D eigenvalue weighted by atomic mass is 16.6. The molecule has 13 heavy (non-hydrogen) atoms. The van der Waals surface area contributed by atoms with Crippen molar-refractivity contribution >= 4 is 12.4 Å². The Balaban J connectivity index is 3.89. The van der Waals surface area contributed by atoms with Crippen LogP contribution in [0.5, 0.6) is 0 Å². The number of carbonyl (C=O) groups is 2. The van der Waals surface area contributed by atoms with Crippen LogP contribution < -0.4 is 5.32 Å². The molecule has 0 aliphatic rings. The number of rotatable bonds is 4. The molecular weight excluding hydrogens is 174 g/mol. The molecule has 0 rings (SSSR count). The van der Waals surface area contributed by atoms with Gasteiger partial charge in [-0.1, -0.05) is 0 Å². The molecule has 76 valence electrons. The Kier molecular flexibility index (Phi) is 4.40. The van der Waals surface area contributed by atoms with E-state index in [1.165, 1.54) is 0 Å². The van der Waals surface area contributed by atoms with E-state index in [-0.39, 0.29) is 6.54 Å². The second kappa shape index (κ2) is 4.81. The largest absolute Gasteiger partial charge is 0.458 e. The van der Waals surface area contributed by atoms with Gasteiger partial charge in [0, 0.05) is 0 Å². The molecule has 0 bridgehead atoms. The first-order chi connectivity index (χ1) is 5.87. The molecule has 0 saturated heterocycles. The van der Waals surface area contributed by atoms with E-state index in [0.29, 0.717) is 6.41 Å². The SMILES string of the molecule is CC(C)(C)OC(=O)C(O)CNC=O. The Hall–Kier alpha value is -1.10. The van der Waals surface area contributed by atoms with Crippen LogP contribution in [0.1, 0.15) is 20.8 Å². The van der Waals surface area contributed by atoms with Crippen molar-refractivity contribution in [3.8, 4) is 0 Å². The van der Waals surface area contributed by atoms with Crippen molar-refractivity contribution in [3.63, 3.8) is 0 Å². The van der Waals surface area contributed by atoms with Gasteiger partial charge in [0.15, 0.2) is 6.10 Å². The number of esters is 1. The first-order valence-corrected chi connectivity index (χ1v) is 3.95. The molecule has 1 amide bonds. The molecule has 0 aromatic carbocycles. The van der Waals surface area contributed by atoms with Crippen LogP contribution in [0.25, 0.3) is 0 Å². The van der Waals surface area contributed by atoms with E-state index in [1.807, 2.05) is 0 Å². The summed E-state index contributed by atoms with van der Waals surface area (Å²) >= 11 is 0. The zero-order valence-corrected chi connectivity index (χ0v) is 8.03. The molecule has 0 aromatic rings. The van der Waals surface area contributed by atoms with Crippen LogP contribution in [0, 0.1) is 0 Å². The third-order valence-electron chi connectivity index (χ3n) is 1.07. The molecule has 0 aliphatic carbocycles. The summed E-state index contributed by atoms with van der Waals surface area (Å²) < 4.78 is 4.85. The fourth-order valence-corrected chi connectivity index (χ4v) is 0.613. The van der Waals surface area contributed by atoms with E-state index in [4.69, 9.17) is 9.84 Å². The molecule has 0 radical (unpaired) electrons. The molecule has 1 unspecified atom stereocenters.